The molecule has 0 bridgehead atoms. The molecule has 1 saturated heterocycles. The lowest BCUT2D eigenvalue weighted by molar-refractivity contribution is -0.150. The van der Waals surface area contributed by atoms with Gasteiger partial charge in [-0.05, 0) is 43.4 Å². The average Bonchev–Trinajstić information content (AvgIpc) is 2.61. The van der Waals surface area contributed by atoms with Gasteiger partial charge in [0.15, 0.2) is 6.10 Å². The lowest BCUT2D eigenvalue weighted by Crippen LogP contribution is -2.45. The third kappa shape index (κ3) is 4.49. The molecule has 1 unspecified atom stereocenters. The van der Waals surface area contributed by atoms with E-state index in [1.54, 1.807) is 11.8 Å². The van der Waals surface area contributed by atoms with Crippen molar-refractivity contribution in [2.45, 2.75) is 45.6 Å². The first-order valence-corrected chi connectivity index (χ1v) is 8.55. The summed E-state index contributed by atoms with van der Waals surface area (Å²) in [5.41, 5.74) is 1.24. The fraction of sp³-hybridized carbons (Fsp3) is 0.579. The molecular formula is C19H27NO4. The van der Waals surface area contributed by atoms with E-state index in [1.165, 1.54) is 12.7 Å². The highest BCUT2D eigenvalue weighted by molar-refractivity contribution is 5.81. The van der Waals surface area contributed by atoms with Crippen molar-refractivity contribution in [1.29, 1.82) is 0 Å². The number of likely N-dealkylation sites (tertiary alicyclic amines) is 1. The Labute approximate surface area is 143 Å². The summed E-state index contributed by atoms with van der Waals surface area (Å²) < 4.78 is 10.5. The van der Waals surface area contributed by atoms with Gasteiger partial charge in [-0.25, -0.2) is 0 Å². The second-order valence-corrected chi connectivity index (χ2v) is 6.61. The van der Waals surface area contributed by atoms with Crippen LogP contribution in [0.1, 0.15) is 45.1 Å². The Kier molecular flexibility index (Phi) is 6.23. The number of hydrogen-bond acceptors (Lipinski definition) is 4. The topological polar surface area (TPSA) is 55.8 Å². The van der Waals surface area contributed by atoms with Crippen LogP contribution < -0.4 is 4.74 Å². The molecule has 1 aromatic carbocycles. The summed E-state index contributed by atoms with van der Waals surface area (Å²) in [4.78, 5) is 25.8. The Morgan fingerprint density at radius 2 is 1.67 bits per heavy atom. The van der Waals surface area contributed by atoms with E-state index in [4.69, 9.17) is 9.47 Å². The van der Waals surface area contributed by atoms with Crippen molar-refractivity contribution in [2.75, 3.05) is 20.2 Å². The van der Waals surface area contributed by atoms with Gasteiger partial charge in [-0.3, -0.25) is 9.59 Å². The second kappa shape index (κ2) is 8.18. The van der Waals surface area contributed by atoms with Crippen molar-refractivity contribution < 1.29 is 19.1 Å². The third-order valence-electron chi connectivity index (χ3n) is 4.55. The molecule has 2 rings (SSSR count). The van der Waals surface area contributed by atoms with Gasteiger partial charge in [0.05, 0.1) is 13.0 Å². The van der Waals surface area contributed by atoms with E-state index >= 15 is 0 Å². The minimum Gasteiger partial charge on any atom is -0.481 e. The fourth-order valence-electron chi connectivity index (χ4n) is 2.95. The minimum atomic E-state index is -0.537. The molecule has 0 aromatic heterocycles. The lowest BCUT2D eigenvalue weighted by Gasteiger charge is -2.32. The van der Waals surface area contributed by atoms with Crippen LogP contribution in [0.25, 0.3) is 0 Å². The summed E-state index contributed by atoms with van der Waals surface area (Å²) in [6.45, 7) is 7.18. The fourth-order valence-corrected chi connectivity index (χ4v) is 2.95. The zero-order valence-electron chi connectivity index (χ0n) is 15.0. The number of benzene rings is 1. The number of hydrogen-bond donors (Lipinski definition) is 0. The Morgan fingerprint density at radius 1 is 1.08 bits per heavy atom. The number of methoxy groups -OCH3 is 1. The molecule has 0 radical (unpaired) electrons. The minimum absolute atomic E-state index is 0.0359. The van der Waals surface area contributed by atoms with Gasteiger partial charge in [-0.1, -0.05) is 26.0 Å². The predicted molar refractivity (Wildman–Crippen MR) is 91.9 cm³/mol. The van der Waals surface area contributed by atoms with Gasteiger partial charge in [0.1, 0.15) is 5.75 Å². The van der Waals surface area contributed by atoms with E-state index in [-0.39, 0.29) is 17.8 Å². The molecule has 0 N–H and O–H groups in total. The van der Waals surface area contributed by atoms with E-state index in [0.717, 1.165) is 0 Å². The van der Waals surface area contributed by atoms with Crippen molar-refractivity contribution >= 4 is 11.9 Å². The Hall–Kier alpha value is -2.04. The van der Waals surface area contributed by atoms with E-state index in [9.17, 15) is 9.59 Å². The highest BCUT2D eigenvalue weighted by atomic mass is 16.5. The zero-order chi connectivity index (χ0) is 17.7. The maximum absolute atomic E-state index is 12.5. The molecule has 1 atom stereocenters. The lowest BCUT2D eigenvalue weighted by atomic mass is 9.97. The normalized spacial score (nSPS) is 16.8. The van der Waals surface area contributed by atoms with E-state index < -0.39 is 6.10 Å². The summed E-state index contributed by atoms with van der Waals surface area (Å²) in [6.07, 6.45) is 0.757. The number of carbonyl (C=O) groups excluding carboxylic acids is 2. The van der Waals surface area contributed by atoms with Crippen LogP contribution in [0.2, 0.25) is 0 Å². The van der Waals surface area contributed by atoms with E-state index in [1.807, 2.05) is 24.3 Å². The van der Waals surface area contributed by atoms with Gasteiger partial charge >= 0.3 is 5.97 Å². The predicted octanol–water partition coefficient (Wildman–Crippen LogP) is 2.99. The number of piperidine rings is 1. The highest BCUT2D eigenvalue weighted by Gasteiger charge is 2.30. The highest BCUT2D eigenvalue weighted by Crippen LogP contribution is 2.22. The van der Waals surface area contributed by atoms with Crippen molar-refractivity contribution in [3.8, 4) is 5.75 Å². The summed E-state index contributed by atoms with van der Waals surface area (Å²) in [7, 11) is 1.40. The molecule has 0 spiro atoms. The Balaban J connectivity index is 1.87. The average molecular weight is 333 g/mol. The quantitative estimate of drug-likeness (QED) is 0.777. The van der Waals surface area contributed by atoms with Gasteiger partial charge in [0.25, 0.3) is 5.91 Å². The second-order valence-electron chi connectivity index (χ2n) is 6.61. The molecular weight excluding hydrogens is 306 g/mol. The summed E-state index contributed by atoms with van der Waals surface area (Å²) >= 11 is 0. The largest absolute Gasteiger partial charge is 0.481 e. The maximum Gasteiger partial charge on any atom is 0.308 e. The molecule has 1 aromatic rings. The van der Waals surface area contributed by atoms with Crippen LogP contribution in [0.4, 0.5) is 0 Å². The maximum atomic E-state index is 12.5. The summed E-state index contributed by atoms with van der Waals surface area (Å²) in [6, 6.07) is 7.86. The summed E-state index contributed by atoms with van der Waals surface area (Å²) in [5.74, 6) is 0.848. The van der Waals surface area contributed by atoms with E-state index in [2.05, 4.69) is 13.8 Å². The van der Waals surface area contributed by atoms with Crippen LogP contribution in [0, 0.1) is 5.92 Å². The number of amides is 1. The molecule has 5 heteroatoms. The Bertz CT molecular complexity index is 559. The van der Waals surface area contributed by atoms with E-state index in [0.29, 0.717) is 37.6 Å². The third-order valence-corrected chi connectivity index (χ3v) is 4.55. The molecule has 132 valence electrons. The van der Waals surface area contributed by atoms with Crippen molar-refractivity contribution in [3.63, 3.8) is 0 Å². The first kappa shape index (κ1) is 18.3. The molecule has 1 aliphatic heterocycles. The van der Waals surface area contributed by atoms with Crippen molar-refractivity contribution in [2.24, 2.45) is 5.92 Å². The van der Waals surface area contributed by atoms with Gasteiger partial charge in [-0.15, -0.1) is 0 Å². The molecule has 24 heavy (non-hydrogen) atoms. The van der Waals surface area contributed by atoms with Crippen LogP contribution >= 0.6 is 0 Å². The molecule has 1 aliphatic rings. The van der Waals surface area contributed by atoms with Crippen LogP contribution in [0.3, 0.4) is 0 Å². The van der Waals surface area contributed by atoms with Gasteiger partial charge in [0.2, 0.25) is 0 Å². The molecule has 0 saturated carbocycles. The Morgan fingerprint density at radius 3 is 2.17 bits per heavy atom. The standard InChI is InChI=1S/C19H27NO4/c1-13(2)15-5-7-17(8-6-15)24-14(3)18(21)20-11-9-16(10-12-20)19(22)23-4/h5-8,13-14,16H,9-12H2,1-4H3. The molecule has 5 nitrogen and oxygen atoms in total. The first-order chi connectivity index (χ1) is 11.4. The van der Waals surface area contributed by atoms with Crippen LogP contribution in [0.15, 0.2) is 24.3 Å². The number of rotatable bonds is 5. The molecule has 0 aliphatic carbocycles. The van der Waals surface area contributed by atoms with Crippen molar-refractivity contribution in [3.05, 3.63) is 29.8 Å². The van der Waals surface area contributed by atoms with Gasteiger partial charge in [-0.2, -0.15) is 0 Å². The van der Waals surface area contributed by atoms with Crippen molar-refractivity contribution in [1.82, 2.24) is 4.90 Å². The monoisotopic (exact) mass is 333 g/mol. The number of nitrogens with zero attached hydrogens (tertiary/aromatic N) is 1. The van der Waals surface area contributed by atoms with Crippen LogP contribution in [0.5, 0.6) is 5.75 Å². The number of ether oxygens (including phenoxy) is 2. The molecule has 1 fully saturated rings. The molecule has 1 heterocycles. The summed E-state index contributed by atoms with van der Waals surface area (Å²) in [5, 5.41) is 0. The molecule has 1 amide bonds. The number of carbonyl (C=O) groups is 2. The van der Waals surface area contributed by atoms with Crippen LogP contribution in [-0.4, -0.2) is 43.1 Å². The SMILES string of the molecule is COC(=O)C1CCN(C(=O)C(C)Oc2ccc(C(C)C)cc2)CC1. The first-order valence-electron chi connectivity index (χ1n) is 8.55. The zero-order valence-corrected chi connectivity index (χ0v) is 15.0. The number of esters is 1. The smallest absolute Gasteiger partial charge is 0.308 e. The van der Waals surface area contributed by atoms with Crippen LogP contribution in [-0.2, 0) is 14.3 Å². The van der Waals surface area contributed by atoms with Gasteiger partial charge < -0.3 is 14.4 Å². The van der Waals surface area contributed by atoms with Gasteiger partial charge in [0, 0.05) is 13.1 Å².